The molecule has 0 aliphatic rings. The molecule has 0 atom stereocenters. The van der Waals surface area contributed by atoms with Crippen LogP contribution in [-0.4, -0.2) is 35.6 Å². The Labute approximate surface area is 154 Å². The molecule has 0 fully saturated rings. The van der Waals surface area contributed by atoms with Crippen LogP contribution in [0.25, 0.3) is 0 Å². The number of hydrogen-bond acceptors (Lipinski definition) is 8. The zero-order chi connectivity index (χ0) is 18.1. The minimum atomic E-state index is 0.474. The van der Waals surface area contributed by atoms with Crippen LogP contribution in [-0.2, 0) is 5.75 Å². The molecule has 0 aliphatic carbocycles. The van der Waals surface area contributed by atoms with Gasteiger partial charge in [0.1, 0.15) is 5.82 Å². The molecule has 0 bridgehead atoms. The monoisotopic (exact) mass is 375 g/mol. The van der Waals surface area contributed by atoms with Crippen molar-refractivity contribution in [1.82, 2.24) is 15.3 Å². The molecule has 0 spiro atoms. The summed E-state index contributed by atoms with van der Waals surface area (Å²) in [5.41, 5.74) is 0.774. The van der Waals surface area contributed by atoms with Gasteiger partial charge in [0.15, 0.2) is 11.4 Å². The maximum Gasteiger partial charge on any atom is 0.220 e. The van der Waals surface area contributed by atoms with Gasteiger partial charge in [-0.25, -0.2) is 4.99 Å². The number of hydrogen-bond donors (Lipinski definition) is 1. The summed E-state index contributed by atoms with van der Waals surface area (Å²) >= 11 is 2.98. The molecule has 1 aromatic carbocycles. The van der Waals surface area contributed by atoms with Crippen molar-refractivity contribution in [3.05, 3.63) is 36.2 Å². The summed E-state index contributed by atoms with van der Waals surface area (Å²) in [4.78, 5) is 14.0. The number of nitriles is 1. The van der Waals surface area contributed by atoms with E-state index in [1.807, 2.05) is 36.7 Å². The molecule has 1 heterocycles. The summed E-state index contributed by atoms with van der Waals surface area (Å²) in [6, 6.07) is 9.35. The van der Waals surface area contributed by atoms with Gasteiger partial charge in [-0.1, -0.05) is 11.8 Å². The molecule has 130 valence electrons. The fourth-order valence-electron chi connectivity index (χ4n) is 1.78. The first-order valence-electron chi connectivity index (χ1n) is 7.15. The second-order valence-electron chi connectivity index (χ2n) is 4.51. The van der Waals surface area contributed by atoms with Gasteiger partial charge in [0.25, 0.3) is 0 Å². The van der Waals surface area contributed by atoms with Crippen molar-refractivity contribution >= 4 is 34.4 Å². The number of amidine groups is 1. The maximum absolute atomic E-state index is 8.65. The van der Waals surface area contributed by atoms with Crippen molar-refractivity contribution in [1.29, 1.82) is 5.26 Å². The van der Waals surface area contributed by atoms with Crippen LogP contribution in [0.5, 0.6) is 11.8 Å². The molecular weight excluding hydrogens is 358 g/mol. The van der Waals surface area contributed by atoms with Crippen molar-refractivity contribution < 1.29 is 9.47 Å². The minimum Gasteiger partial charge on any atom is -0.481 e. The molecule has 0 amide bonds. The van der Waals surface area contributed by atoms with E-state index in [4.69, 9.17) is 14.7 Å². The SMILES string of the molecule is COc1cc(OC)nc(CSc2ccc(N=C(NC#N)SC)cc2)n1. The minimum absolute atomic E-state index is 0.474. The smallest absolute Gasteiger partial charge is 0.220 e. The van der Waals surface area contributed by atoms with Crippen LogP contribution in [0.4, 0.5) is 5.69 Å². The Kier molecular flexibility index (Phi) is 7.37. The predicted molar refractivity (Wildman–Crippen MR) is 100 cm³/mol. The Balaban J connectivity index is 2.04. The van der Waals surface area contributed by atoms with Crippen molar-refractivity contribution in [3.8, 4) is 18.0 Å². The van der Waals surface area contributed by atoms with E-state index in [0.717, 1.165) is 10.6 Å². The van der Waals surface area contributed by atoms with Gasteiger partial charge in [0.05, 0.1) is 31.7 Å². The topological polar surface area (TPSA) is 92.4 Å². The van der Waals surface area contributed by atoms with E-state index in [1.165, 1.54) is 11.8 Å². The second kappa shape index (κ2) is 9.76. The summed E-state index contributed by atoms with van der Waals surface area (Å²) in [5.74, 6) is 2.16. The zero-order valence-electron chi connectivity index (χ0n) is 14.0. The molecule has 1 N–H and O–H groups in total. The average Bonchev–Trinajstić information content (AvgIpc) is 2.66. The van der Waals surface area contributed by atoms with Gasteiger partial charge < -0.3 is 9.47 Å². The van der Waals surface area contributed by atoms with Crippen LogP contribution >= 0.6 is 23.5 Å². The van der Waals surface area contributed by atoms with Crippen molar-refractivity contribution in [3.63, 3.8) is 0 Å². The largest absolute Gasteiger partial charge is 0.481 e. The summed E-state index contributed by atoms with van der Waals surface area (Å²) in [6.07, 6.45) is 3.72. The Morgan fingerprint density at radius 1 is 1.20 bits per heavy atom. The number of methoxy groups -OCH3 is 2. The number of aromatic nitrogens is 2. The maximum atomic E-state index is 8.65. The number of rotatable bonds is 6. The number of ether oxygens (including phenoxy) is 2. The van der Waals surface area contributed by atoms with Gasteiger partial charge in [-0.15, -0.1) is 11.8 Å². The lowest BCUT2D eigenvalue weighted by Crippen LogP contribution is -2.12. The third kappa shape index (κ3) is 5.85. The highest BCUT2D eigenvalue weighted by atomic mass is 32.2. The quantitative estimate of drug-likeness (QED) is 0.270. The summed E-state index contributed by atoms with van der Waals surface area (Å²) in [6.45, 7) is 0. The number of nitrogens with zero attached hydrogens (tertiary/aromatic N) is 4. The first-order chi connectivity index (χ1) is 12.2. The predicted octanol–water partition coefficient (Wildman–Crippen LogP) is 3.21. The van der Waals surface area contributed by atoms with Crippen LogP contribution in [0.3, 0.4) is 0 Å². The van der Waals surface area contributed by atoms with Crippen LogP contribution in [0.15, 0.2) is 40.2 Å². The zero-order valence-corrected chi connectivity index (χ0v) is 15.6. The molecule has 25 heavy (non-hydrogen) atoms. The molecule has 0 saturated carbocycles. The molecule has 2 aromatic rings. The van der Waals surface area contributed by atoms with Gasteiger partial charge in [0, 0.05) is 4.90 Å². The lowest BCUT2D eigenvalue weighted by molar-refractivity contribution is 0.369. The molecule has 0 unspecified atom stereocenters. The lowest BCUT2D eigenvalue weighted by Gasteiger charge is -2.06. The molecule has 0 aliphatic heterocycles. The number of nitrogens with one attached hydrogen (secondary N) is 1. The lowest BCUT2D eigenvalue weighted by atomic mass is 10.3. The summed E-state index contributed by atoms with van der Waals surface area (Å²) in [7, 11) is 3.11. The van der Waals surface area contributed by atoms with Crippen LogP contribution in [0.1, 0.15) is 5.82 Å². The Morgan fingerprint density at radius 2 is 1.84 bits per heavy atom. The molecule has 9 heteroatoms. The second-order valence-corrected chi connectivity index (χ2v) is 6.35. The summed E-state index contributed by atoms with van der Waals surface area (Å²) in [5, 5.41) is 11.7. The van der Waals surface area contributed by atoms with Crippen LogP contribution in [0.2, 0.25) is 0 Å². The van der Waals surface area contributed by atoms with Crippen molar-refractivity contribution in [2.45, 2.75) is 10.6 Å². The van der Waals surface area contributed by atoms with Gasteiger partial charge in [0.2, 0.25) is 11.8 Å². The summed E-state index contributed by atoms with van der Waals surface area (Å²) < 4.78 is 10.3. The first-order valence-corrected chi connectivity index (χ1v) is 9.36. The highest BCUT2D eigenvalue weighted by molar-refractivity contribution is 8.13. The molecule has 1 aromatic heterocycles. The Bertz CT molecular complexity index is 753. The van der Waals surface area contributed by atoms with Gasteiger partial charge >= 0.3 is 0 Å². The first kappa shape index (κ1) is 18.9. The molecule has 0 radical (unpaired) electrons. The highest BCUT2D eigenvalue weighted by Crippen LogP contribution is 2.26. The number of aliphatic imine (C=N–C) groups is 1. The normalized spacial score (nSPS) is 10.9. The van der Waals surface area contributed by atoms with Crippen molar-refractivity contribution in [2.75, 3.05) is 20.5 Å². The van der Waals surface area contributed by atoms with Crippen LogP contribution in [0, 0.1) is 11.5 Å². The number of benzene rings is 1. The molecule has 7 nitrogen and oxygen atoms in total. The highest BCUT2D eigenvalue weighted by Gasteiger charge is 2.06. The van der Waals surface area contributed by atoms with E-state index in [1.54, 1.807) is 32.0 Å². The van der Waals surface area contributed by atoms with E-state index in [2.05, 4.69) is 20.3 Å². The Hall–Kier alpha value is -2.44. The fraction of sp³-hybridized carbons (Fsp3) is 0.250. The molecule has 0 saturated heterocycles. The number of thioether (sulfide) groups is 2. The van der Waals surface area contributed by atoms with E-state index >= 15 is 0 Å². The van der Waals surface area contributed by atoms with E-state index in [9.17, 15) is 0 Å². The fourth-order valence-corrected chi connectivity index (χ4v) is 2.88. The van der Waals surface area contributed by atoms with E-state index in [0.29, 0.717) is 28.5 Å². The third-order valence-corrected chi connectivity index (χ3v) is 4.52. The van der Waals surface area contributed by atoms with E-state index < -0.39 is 0 Å². The standard InChI is InChI=1S/C16H17N5O2S2/c1-22-14-8-15(23-2)21-13(20-14)9-25-12-6-4-11(5-7-12)19-16(24-3)18-10-17/h4-8H,9H2,1-3H3,(H,18,19). The van der Waals surface area contributed by atoms with Crippen molar-refractivity contribution in [2.24, 2.45) is 4.99 Å². The van der Waals surface area contributed by atoms with Crippen LogP contribution < -0.4 is 14.8 Å². The van der Waals surface area contributed by atoms with E-state index in [-0.39, 0.29) is 0 Å². The molecule has 2 rings (SSSR count). The van der Waals surface area contributed by atoms with Gasteiger partial charge in [-0.3, -0.25) is 5.32 Å². The van der Waals surface area contributed by atoms with Gasteiger partial charge in [-0.2, -0.15) is 15.2 Å². The average molecular weight is 375 g/mol. The third-order valence-electron chi connectivity index (χ3n) is 2.94. The van der Waals surface area contributed by atoms with Gasteiger partial charge in [-0.05, 0) is 30.5 Å². The Morgan fingerprint density at radius 3 is 2.36 bits per heavy atom. The molecular formula is C16H17N5O2S2.